The predicted molar refractivity (Wildman–Crippen MR) is 128 cm³/mol. The van der Waals surface area contributed by atoms with Crippen LogP contribution in [0.2, 0.25) is 0 Å². The molecule has 7 heteroatoms. The summed E-state index contributed by atoms with van der Waals surface area (Å²) >= 11 is 0. The first-order valence-electron chi connectivity index (χ1n) is 11.7. The van der Waals surface area contributed by atoms with Gasteiger partial charge in [0.1, 0.15) is 5.58 Å². The first kappa shape index (κ1) is 20.9. The van der Waals surface area contributed by atoms with Gasteiger partial charge in [-0.05, 0) is 61.5 Å². The summed E-state index contributed by atoms with van der Waals surface area (Å²) in [5.41, 5.74) is 3.06. The van der Waals surface area contributed by atoms with Crippen LogP contribution in [0.1, 0.15) is 40.4 Å². The zero-order valence-electron chi connectivity index (χ0n) is 18.7. The third-order valence-electron chi connectivity index (χ3n) is 7.15. The lowest BCUT2D eigenvalue weighted by Crippen LogP contribution is -2.47. The number of hydrogen-bond acceptors (Lipinski definition) is 6. The largest absolute Gasteiger partial charge is 0.452 e. The van der Waals surface area contributed by atoms with Crippen LogP contribution >= 0.6 is 0 Å². The number of hydrogen-bond donors (Lipinski definition) is 1. The van der Waals surface area contributed by atoms with Crippen LogP contribution in [0.3, 0.4) is 0 Å². The average Bonchev–Trinajstić information content (AvgIpc) is 3.55. The molecule has 3 aliphatic heterocycles. The van der Waals surface area contributed by atoms with Crippen molar-refractivity contribution < 1.29 is 18.5 Å². The first-order chi connectivity index (χ1) is 16.6. The number of nitrogens with one attached hydrogen (secondary N) is 1. The van der Waals surface area contributed by atoms with Gasteiger partial charge in [0, 0.05) is 35.7 Å². The van der Waals surface area contributed by atoms with Crippen molar-refractivity contribution in [1.29, 1.82) is 0 Å². The van der Waals surface area contributed by atoms with E-state index in [1.165, 1.54) is 38.2 Å². The van der Waals surface area contributed by atoms with Crippen molar-refractivity contribution in [3.05, 3.63) is 72.3 Å². The summed E-state index contributed by atoms with van der Waals surface area (Å²) in [5.74, 6) is 1.36. The lowest BCUT2D eigenvalue weighted by molar-refractivity contribution is 0.0433. The van der Waals surface area contributed by atoms with Crippen LogP contribution in [0, 0.1) is 11.8 Å². The monoisotopic (exact) mass is 455 g/mol. The Labute approximate surface area is 196 Å². The molecule has 3 aliphatic rings. The molecule has 0 radical (unpaired) electrons. The molecule has 0 spiro atoms. The predicted octanol–water partition coefficient (Wildman–Crippen LogP) is 5.25. The van der Waals surface area contributed by atoms with Gasteiger partial charge in [-0.1, -0.05) is 35.5 Å². The number of amides is 1. The summed E-state index contributed by atoms with van der Waals surface area (Å²) in [6.45, 7) is 3.36. The van der Waals surface area contributed by atoms with E-state index in [9.17, 15) is 9.59 Å². The van der Waals surface area contributed by atoms with Gasteiger partial charge in [0.25, 0.3) is 5.91 Å². The second-order valence-corrected chi connectivity index (χ2v) is 9.27. The van der Waals surface area contributed by atoms with Gasteiger partial charge in [-0.25, -0.2) is 0 Å². The van der Waals surface area contributed by atoms with Crippen molar-refractivity contribution in [2.45, 2.75) is 19.3 Å². The van der Waals surface area contributed by atoms with Crippen molar-refractivity contribution in [2.24, 2.45) is 11.8 Å². The van der Waals surface area contributed by atoms with Crippen molar-refractivity contribution in [2.75, 3.05) is 25.0 Å². The molecule has 3 fully saturated rings. The zero-order valence-corrected chi connectivity index (χ0v) is 18.7. The highest BCUT2D eigenvalue weighted by molar-refractivity contribution is 6.03. The Morgan fingerprint density at radius 2 is 1.88 bits per heavy atom. The molecule has 0 aliphatic carbocycles. The van der Waals surface area contributed by atoms with E-state index in [0.29, 0.717) is 35.3 Å². The van der Waals surface area contributed by atoms with Crippen LogP contribution in [0.4, 0.5) is 5.69 Å². The lowest BCUT2D eigenvalue weighted by atomic mass is 9.76. The van der Waals surface area contributed by atoms with Gasteiger partial charge in [-0.3, -0.25) is 9.59 Å². The Morgan fingerprint density at radius 3 is 2.65 bits per heavy atom. The topological polar surface area (TPSA) is 88.6 Å². The van der Waals surface area contributed by atoms with Gasteiger partial charge in [0.15, 0.2) is 11.5 Å². The molecule has 5 heterocycles. The Kier molecular flexibility index (Phi) is 5.26. The normalized spacial score (nSPS) is 21.6. The molecule has 0 saturated carbocycles. The number of carbonyl (C=O) groups is 2. The smallest absolute Gasteiger partial charge is 0.294 e. The highest BCUT2D eigenvalue weighted by atomic mass is 16.5. The van der Waals surface area contributed by atoms with Crippen molar-refractivity contribution in [3.8, 4) is 11.1 Å². The van der Waals surface area contributed by atoms with E-state index in [4.69, 9.17) is 8.94 Å². The Morgan fingerprint density at radius 1 is 1.03 bits per heavy atom. The molecular formula is C27H25N3O4. The number of furan rings is 1. The molecule has 4 aromatic rings. The first-order valence-corrected chi connectivity index (χ1v) is 11.7. The zero-order chi connectivity index (χ0) is 23.1. The minimum Gasteiger partial charge on any atom is -0.452 e. The molecule has 172 valence electrons. The number of benzene rings is 2. The van der Waals surface area contributed by atoms with Crippen LogP contribution in [0.5, 0.6) is 0 Å². The second-order valence-electron chi connectivity index (χ2n) is 9.27. The fourth-order valence-electron chi connectivity index (χ4n) is 5.38. The number of aromatic nitrogens is 1. The number of carbonyl (C=O) groups excluding carboxylic acids is 2. The summed E-state index contributed by atoms with van der Waals surface area (Å²) in [6.07, 6.45) is 4.37. The molecule has 0 unspecified atom stereocenters. The SMILES string of the molecule is O=C(C[C@H]1CN2CCC1CC2)c1cc2cccc(-c3cccc(NC(=O)c4ccno4)c3)c2o1. The minimum atomic E-state index is -0.369. The van der Waals surface area contributed by atoms with E-state index in [-0.39, 0.29) is 17.5 Å². The number of rotatable bonds is 6. The number of nitrogens with zero attached hydrogens (tertiary/aromatic N) is 2. The summed E-state index contributed by atoms with van der Waals surface area (Å²) in [5, 5.41) is 7.29. The van der Waals surface area contributed by atoms with Gasteiger partial charge < -0.3 is 19.2 Å². The molecule has 1 atom stereocenters. The molecule has 2 bridgehead atoms. The van der Waals surface area contributed by atoms with Crippen molar-refractivity contribution in [1.82, 2.24) is 10.1 Å². The number of fused-ring (bicyclic) bond motifs is 4. The average molecular weight is 456 g/mol. The van der Waals surface area contributed by atoms with Crippen LogP contribution in [0.15, 0.2) is 69.7 Å². The second kappa shape index (κ2) is 8.57. The quantitative estimate of drug-likeness (QED) is 0.399. The number of Topliss-reactive ketones (excluding diaryl/α,β-unsaturated/α-hetero) is 1. The van der Waals surface area contributed by atoms with Crippen LogP contribution in [-0.2, 0) is 0 Å². The van der Waals surface area contributed by atoms with E-state index >= 15 is 0 Å². The molecule has 34 heavy (non-hydrogen) atoms. The summed E-state index contributed by atoms with van der Waals surface area (Å²) < 4.78 is 11.1. The van der Waals surface area contributed by atoms with Crippen molar-refractivity contribution >= 4 is 28.3 Å². The number of para-hydroxylation sites is 1. The van der Waals surface area contributed by atoms with Gasteiger partial charge in [-0.2, -0.15) is 0 Å². The summed E-state index contributed by atoms with van der Waals surface area (Å²) in [7, 11) is 0. The van der Waals surface area contributed by atoms with Crippen LogP contribution < -0.4 is 5.32 Å². The Bertz CT molecular complexity index is 1350. The molecule has 2 aromatic carbocycles. The van der Waals surface area contributed by atoms with Gasteiger partial charge >= 0.3 is 0 Å². The Balaban J connectivity index is 1.25. The molecule has 7 nitrogen and oxygen atoms in total. The van der Waals surface area contributed by atoms with Crippen molar-refractivity contribution in [3.63, 3.8) is 0 Å². The molecule has 3 saturated heterocycles. The number of piperidine rings is 3. The van der Waals surface area contributed by atoms with Crippen LogP contribution in [0.25, 0.3) is 22.1 Å². The maximum absolute atomic E-state index is 13.1. The highest BCUT2D eigenvalue weighted by Gasteiger charge is 2.35. The van der Waals surface area contributed by atoms with E-state index in [1.54, 1.807) is 0 Å². The Hall–Kier alpha value is -3.71. The van der Waals surface area contributed by atoms with E-state index in [2.05, 4.69) is 15.4 Å². The summed E-state index contributed by atoms with van der Waals surface area (Å²) in [6, 6.07) is 16.8. The third kappa shape index (κ3) is 3.92. The fraction of sp³-hybridized carbons (Fsp3) is 0.296. The number of ketones is 1. The highest BCUT2D eigenvalue weighted by Crippen LogP contribution is 2.36. The molecule has 2 aromatic heterocycles. The maximum atomic E-state index is 13.1. The minimum absolute atomic E-state index is 0.0778. The van der Waals surface area contributed by atoms with Gasteiger partial charge in [0.05, 0.1) is 6.20 Å². The van der Waals surface area contributed by atoms with Gasteiger partial charge in [-0.15, -0.1) is 0 Å². The summed E-state index contributed by atoms with van der Waals surface area (Å²) in [4.78, 5) is 27.9. The molecule has 1 N–H and O–H groups in total. The third-order valence-corrected chi connectivity index (χ3v) is 7.15. The standard InChI is InChI=1S/C27H25N3O4/c31-23(14-20-16-30-11-8-17(20)9-12-30)25-15-19-4-2-6-22(26(19)33-25)18-3-1-5-21(13-18)29-27(32)24-7-10-28-34-24/h1-7,10,13,15,17,20H,8-9,11-12,14,16H2,(H,29,32)/t20-/m0/s1. The molecular weight excluding hydrogens is 430 g/mol. The van der Waals surface area contributed by atoms with E-state index in [0.717, 1.165) is 23.1 Å². The lowest BCUT2D eigenvalue weighted by Gasteiger charge is -2.44. The molecule has 1 amide bonds. The van der Waals surface area contributed by atoms with E-state index in [1.807, 2.05) is 48.5 Å². The fourth-order valence-corrected chi connectivity index (χ4v) is 5.38. The van der Waals surface area contributed by atoms with E-state index < -0.39 is 0 Å². The van der Waals surface area contributed by atoms with Gasteiger partial charge in [0.2, 0.25) is 5.76 Å². The molecule has 7 rings (SSSR count). The number of anilines is 1. The maximum Gasteiger partial charge on any atom is 0.294 e. The van der Waals surface area contributed by atoms with Crippen LogP contribution in [-0.4, -0.2) is 41.4 Å².